The molecule has 0 aliphatic carbocycles. The summed E-state index contributed by atoms with van der Waals surface area (Å²) in [6, 6.07) is 1.94. The number of nitrogens with one attached hydrogen (secondary N) is 1. The SMILES string of the molecule is CNCC1CCN(C(=O)c2cc(F)c(F)cc2Br)C1. The van der Waals surface area contributed by atoms with Gasteiger partial charge >= 0.3 is 0 Å². The second kappa shape index (κ2) is 5.96. The zero-order valence-corrected chi connectivity index (χ0v) is 12.1. The molecule has 1 aliphatic rings. The van der Waals surface area contributed by atoms with Crippen molar-refractivity contribution in [2.75, 3.05) is 26.7 Å². The standard InChI is InChI=1S/C13H15BrF2N2O/c1-17-6-8-2-3-18(7-8)13(19)9-4-11(15)12(16)5-10(9)14/h4-5,8,17H,2-3,6-7H2,1H3. The Bertz CT molecular complexity index is 496. The number of likely N-dealkylation sites (tertiary alicyclic amines) is 1. The fourth-order valence-electron chi connectivity index (χ4n) is 2.33. The van der Waals surface area contributed by atoms with Crippen molar-refractivity contribution in [3.8, 4) is 0 Å². The first-order valence-corrected chi connectivity index (χ1v) is 6.90. The molecule has 1 aromatic carbocycles. The van der Waals surface area contributed by atoms with Gasteiger partial charge in [-0.05, 0) is 54.0 Å². The van der Waals surface area contributed by atoms with Crippen LogP contribution in [0.4, 0.5) is 8.78 Å². The van der Waals surface area contributed by atoms with Gasteiger partial charge in [-0.1, -0.05) is 0 Å². The molecule has 6 heteroatoms. The minimum absolute atomic E-state index is 0.170. The van der Waals surface area contributed by atoms with Crippen LogP contribution in [-0.2, 0) is 0 Å². The van der Waals surface area contributed by atoms with Crippen LogP contribution in [0.3, 0.4) is 0 Å². The van der Waals surface area contributed by atoms with Gasteiger partial charge in [-0.2, -0.15) is 0 Å². The van der Waals surface area contributed by atoms with Crippen LogP contribution in [0.15, 0.2) is 16.6 Å². The van der Waals surface area contributed by atoms with E-state index in [1.54, 1.807) is 4.90 Å². The van der Waals surface area contributed by atoms with E-state index in [1.807, 2.05) is 7.05 Å². The van der Waals surface area contributed by atoms with E-state index in [0.29, 0.717) is 19.0 Å². The molecule has 1 N–H and O–H groups in total. The molecule has 1 atom stereocenters. The molecule has 1 heterocycles. The number of nitrogens with zero attached hydrogens (tertiary/aromatic N) is 1. The monoisotopic (exact) mass is 332 g/mol. The highest BCUT2D eigenvalue weighted by atomic mass is 79.9. The van der Waals surface area contributed by atoms with Crippen LogP contribution >= 0.6 is 15.9 Å². The number of benzene rings is 1. The Balaban J connectivity index is 2.15. The van der Waals surface area contributed by atoms with E-state index in [2.05, 4.69) is 21.2 Å². The molecule has 1 aliphatic heterocycles. The fourth-order valence-corrected chi connectivity index (χ4v) is 2.81. The van der Waals surface area contributed by atoms with E-state index in [-0.39, 0.29) is 15.9 Å². The van der Waals surface area contributed by atoms with Crippen LogP contribution in [0.1, 0.15) is 16.8 Å². The summed E-state index contributed by atoms with van der Waals surface area (Å²) in [4.78, 5) is 13.9. The molecular weight excluding hydrogens is 318 g/mol. The summed E-state index contributed by atoms with van der Waals surface area (Å²) in [6.07, 6.45) is 0.924. The maximum absolute atomic E-state index is 13.2. The highest BCUT2D eigenvalue weighted by molar-refractivity contribution is 9.10. The van der Waals surface area contributed by atoms with Crippen molar-refractivity contribution >= 4 is 21.8 Å². The third-order valence-corrected chi connectivity index (χ3v) is 3.96. The second-order valence-corrected chi connectivity index (χ2v) is 5.56. The summed E-state index contributed by atoms with van der Waals surface area (Å²) in [5.41, 5.74) is 0.170. The van der Waals surface area contributed by atoms with Gasteiger partial charge in [-0.15, -0.1) is 0 Å². The Morgan fingerprint density at radius 3 is 2.84 bits per heavy atom. The van der Waals surface area contributed by atoms with Gasteiger partial charge in [0.05, 0.1) is 5.56 Å². The first kappa shape index (κ1) is 14.4. The Morgan fingerprint density at radius 2 is 2.16 bits per heavy atom. The molecule has 2 rings (SSSR count). The molecule has 0 aromatic heterocycles. The van der Waals surface area contributed by atoms with Gasteiger partial charge in [0.15, 0.2) is 11.6 Å². The highest BCUT2D eigenvalue weighted by Crippen LogP contribution is 2.25. The van der Waals surface area contributed by atoms with E-state index >= 15 is 0 Å². The van der Waals surface area contributed by atoms with Crippen molar-refractivity contribution in [3.05, 3.63) is 33.8 Å². The largest absolute Gasteiger partial charge is 0.338 e. The zero-order valence-electron chi connectivity index (χ0n) is 10.5. The normalized spacial score (nSPS) is 18.9. The van der Waals surface area contributed by atoms with Crippen molar-refractivity contribution in [1.82, 2.24) is 10.2 Å². The Labute approximate surface area is 119 Å². The van der Waals surface area contributed by atoms with Crippen molar-refractivity contribution in [2.24, 2.45) is 5.92 Å². The lowest BCUT2D eigenvalue weighted by Gasteiger charge is -2.17. The molecule has 1 aromatic rings. The summed E-state index contributed by atoms with van der Waals surface area (Å²) in [6.45, 7) is 2.14. The molecular formula is C13H15BrF2N2O. The first-order valence-electron chi connectivity index (χ1n) is 6.11. The lowest BCUT2D eigenvalue weighted by molar-refractivity contribution is 0.0785. The van der Waals surface area contributed by atoms with Gasteiger partial charge in [-0.25, -0.2) is 8.78 Å². The summed E-state index contributed by atoms with van der Waals surface area (Å²) >= 11 is 3.11. The smallest absolute Gasteiger partial charge is 0.255 e. The minimum Gasteiger partial charge on any atom is -0.338 e. The highest BCUT2D eigenvalue weighted by Gasteiger charge is 2.28. The van der Waals surface area contributed by atoms with Crippen molar-refractivity contribution < 1.29 is 13.6 Å². The van der Waals surface area contributed by atoms with Crippen molar-refractivity contribution in [3.63, 3.8) is 0 Å². The fraction of sp³-hybridized carbons (Fsp3) is 0.462. The average molecular weight is 333 g/mol. The molecule has 1 amide bonds. The topological polar surface area (TPSA) is 32.3 Å². The Kier molecular flexibility index (Phi) is 4.52. The molecule has 0 radical (unpaired) electrons. The number of amides is 1. The predicted octanol–water partition coefficient (Wildman–Crippen LogP) is 2.41. The summed E-state index contributed by atoms with van der Waals surface area (Å²) in [7, 11) is 1.87. The van der Waals surface area contributed by atoms with Crippen LogP contribution in [0.5, 0.6) is 0 Å². The molecule has 1 unspecified atom stereocenters. The third kappa shape index (κ3) is 3.12. The van der Waals surface area contributed by atoms with Crippen molar-refractivity contribution in [2.45, 2.75) is 6.42 Å². The molecule has 1 fully saturated rings. The van der Waals surface area contributed by atoms with E-state index < -0.39 is 11.6 Å². The van der Waals surface area contributed by atoms with Crippen LogP contribution in [-0.4, -0.2) is 37.5 Å². The zero-order chi connectivity index (χ0) is 14.0. The van der Waals surface area contributed by atoms with E-state index in [9.17, 15) is 13.6 Å². The van der Waals surface area contributed by atoms with E-state index in [4.69, 9.17) is 0 Å². The van der Waals surface area contributed by atoms with E-state index in [1.165, 1.54) is 0 Å². The van der Waals surface area contributed by atoms with Gasteiger partial charge < -0.3 is 10.2 Å². The first-order chi connectivity index (χ1) is 9.02. The Hall–Kier alpha value is -1.01. The second-order valence-electron chi connectivity index (χ2n) is 4.71. The third-order valence-electron chi connectivity index (χ3n) is 3.31. The number of halogens is 3. The Morgan fingerprint density at radius 1 is 1.47 bits per heavy atom. The van der Waals surface area contributed by atoms with Gasteiger partial charge in [0, 0.05) is 17.6 Å². The minimum atomic E-state index is -1.00. The predicted molar refractivity (Wildman–Crippen MR) is 72.0 cm³/mol. The summed E-state index contributed by atoms with van der Waals surface area (Å²) in [5.74, 6) is -1.81. The summed E-state index contributed by atoms with van der Waals surface area (Å²) in [5, 5.41) is 3.08. The van der Waals surface area contributed by atoms with Crippen LogP contribution in [0, 0.1) is 17.6 Å². The molecule has 19 heavy (non-hydrogen) atoms. The van der Waals surface area contributed by atoms with Gasteiger partial charge in [0.25, 0.3) is 5.91 Å². The molecule has 1 saturated heterocycles. The number of hydrogen-bond donors (Lipinski definition) is 1. The molecule has 104 valence electrons. The lowest BCUT2D eigenvalue weighted by atomic mass is 10.1. The van der Waals surface area contributed by atoms with Crippen LogP contribution < -0.4 is 5.32 Å². The van der Waals surface area contributed by atoms with E-state index in [0.717, 1.165) is 25.1 Å². The van der Waals surface area contributed by atoms with Gasteiger partial charge in [0.1, 0.15) is 0 Å². The van der Waals surface area contributed by atoms with Crippen LogP contribution in [0.25, 0.3) is 0 Å². The quantitative estimate of drug-likeness (QED) is 0.862. The summed E-state index contributed by atoms with van der Waals surface area (Å²) < 4.78 is 26.5. The molecule has 0 bridgehead atoms. The van der Waals surface area contributed by atoms with Crippen molar-refractivity contribution in [1.29, 1.82) is 0 Å². The number of hydrogen-bond acceptors (Lipinski definition) is 2. The number of carbonyl (C=O) groups is 1. The number of carbonyl (C=O) groups excluding carboxylic acids is 1. The van der Waals surface area contributed by atoms with Crippen LogP contribution in [0.2, 0.25) is 0 Å². The maximum atomic E-state index is 13.2. The molecule has 0 saturated carbocycles. The molecule has 0 spiro atoms. The molecule has 3 nitrogen and oxygen atoms in total. The van der Waals surface area contributed by atoms with Gasteiger partial charge in [0.2, 0.25) is 0 Å². The number of rotatable bonds is 3. The average Bonchev–Trinajstić information content (AvgIpc) is 2.82. The maximum Gasteiger partial charge on any atom is 0.255 e. The van der Waals surface area contributed by atoms with Gasteiger partial charge in [-0.3, -0.25) is 4.79 Å². The lowest BCUT2D eigenvalue weighted by Crippen LogP contribution is -2.30.